The summed E-state index contributed by atoms with van der Waals surface area (Å²) >= 11 is 0. The summed E-state index contributed by atoms with van der Waals surface area (Å²) in [6.07, 6.45) is 12.5. The Morgan fingerprint density at radius 3 is 2.33 bits per heavy atom. The summed E-state index contributed by atoms with van der Waals surface area (Å²) in [6.45, 7) is 4.79. The first-order valence-corrected chi connectivity index (χ1v) is 24.2. The Bertz CT molecular complexity index is 2380. The second kappa shape index (κ2) is 19.0. The van der Waals surface area contributed by atoms with Crippen molar-refractivity contribution in [1.29, 1.82) is 0 Å². The SMILES string of the molecule is CC[C@@H]1C(=O)N(C)c2cnc(Nc3ccc(C(=O)NC4(CCO)CC5(CCN(C(=O)C6CCN(c7ccc(C8CCC(=O)NC8=O)c(OC)c7)CC6)CC5)C4)cc3OC)nc2N1C1CCCC1. The number of ether oxygens (including phenoxy) is 2. The average Bonchev–Trinajstić information content (AvgIpc) is 3.87. The number of amides is 5. The number of aliphatic hydroxyl groups excluding tert-OH is 1. The molecule has 67 heavy (non-hydrogen) atoms. The zero-order chi connectivity index (χ0) is 47.0. The second-order valence-corrected chi connectivity index (χ2v) is 19.7. The van der Waals surface area contributed by atoms with Gasteiger partial charge in [0.05, 0.1) is 32.0 Å². The van der Waals surface area contributed by atoms with Crippen LogP contribution in [0.2, 0.25) is 0 Å². The summed E-state index contributed by atoms with van der Waals surface area (Å²) in [7, 11) is 4.92. The molecule has 5 amide bonds. The van der Waals surface area contributed by atoms with Crippen LogP contribution in [-0.2, 0) is 19.2 Å². The lowest BCUT2D eigenvalue weighted by Crippen LogP contribution is -2.64. The number of carbonyl (C=O) groups is 5. The van der Waals surface area contributed by atoms with Crippen molar-refractivity contribution in [2.24, 2.45) is 11.3 Å². The van der Waals surface area contributed by atoms with Gasteiger partial charge < -0.3 is 44.8 Å². The minimum atomic E-state index is -0.551. The Kier molecular flexibility index (Phi) is 13.1. The molecule has 2 aliphatic carbocycles. The van der Waals surface area contributed by atoms with Crippen molar-refractivity contribution < 1.29 is 38.6 Å². The Balaban J connectivity index is 0.786. The number of aromatic nitrogens is 2. The van der Waals surface area contributed by atoms with Crippen LogP contribution in [-0.4, -0.2) is 121 Å². The van der Waals surface area contributed by atoms with E-state index in [0.717, 1.165) is 94.4 Å². The number of anilines is 5. The molecule has 2 aromatic carbocycles. The largest absolute Gasteiger partial charge is 0.496 e. The van der Waals surface area contributed by atoms with Gasteiger partial charge in [-0.1, -0.05) is 25.8 Å². The zero-order valence-electron chi connectivity index (χ0n) is 39.3. The number of nitrogens with zero attached hydrogens (tertiary/aromatic N) is 6. The summed E-state index contributed by atoms with van der Waals surface area (Å²) in [5, 5.41) is 19.2. The van der Waals surface area contributed by atoms with E-state index >= 15 is 0 Å². The highest BCUT2D eigenvalue weighted by Crippen LogP contribution is 2.56. The average molecular weight is 920 g/mol. The Morgan fingerprint density at radius 2 is 1.66 bits per heavy atom. The molecule has 2 atom stereocenters. The standard InChI is InChI=1S/C50H65N9O8/c1-5-38-47(65)56(2)39-28-51-48(54-43(39)59(38)33-8-6-7-9-33)52-37-14-10-32(26-41(37)67-4)44(62)55-50(20-25-60)29-49(30-50)18-23-58(24-19-49)46(64)31-16-21-57(22-17-31)34-11-12-35(40(27-34)66-3)36-13-15-42(61)53-45(36)63/h10-12,14,26-28,31,33,36,38,60H,5-9,13,15-25,29-30H2,1-4H3,(H,55,62)(H,51,52,54)(H,53,61,63)/t36?,38-/m1/s1. The molecule has 17 nitrogen and oxygen atoms in total. The maximum Gasteiger partial charge on any atom is 0.251 e. The van der Waals surface area contributed by atoms with E-state index in [4.69, 9.17) is 14.5 Å². The van der Waals surface area contributed by atoms with Gasteiger partial charge in [0.2, 0.25) is 29.6 Å². The number of benzene rings is 2. The van der Waals surface area contributed by atoms with Crippen molar-refractivity contribution in [2.45, 2.75) is 120 Å². The van der Waals surface area contributed by atoms with Crippen molar-refractivity contribution >= 4 is 58.4 Å². The van der Waals surface area contributed by atoms with E-state index in [2.05, 4.69) is 30.7 Å². The number of hydrogen-bond donors (Lipinski definition) is 4. The molecule has 4 N–H and O–H groups in total. The number of fused-ring (bicyclic) bond motifs is 1. The maximum absolute atomic E-state index is 13.9. The first-order valence-electron chi connectivity index (χ1n) is 24.2. The molecule has 3 saturated heterocycles. The minimum Gasteiger partial charge on any atom is -0.496 e. The number of nitrogens with one attached hydrogen (secondary N) is 3. The van der Waals surface area contributed by atoms with Crippen LogP contribution < -0.4 is 40.1 Å². The topological polar surface area (TPSA) is 199 Å². The molecule has 4 aliphatic heterocycles. The molecule has 1 aromatic heterocycles. The van der Waals surface area contributed by atoms with Crippen molar-refractivity contribution in [1.82, 2.24) is 25.5 Å². The molecule has 5 fully saturated rings. The molecule has 2 saturated carbocycles. The number of imide groups is 1. The van der Waals surface area contributed by atoms with E-state index in [1.54, 1.807) is 50.6 Å². The highest BCUT2D eigenvalue weighted by atomic mass is 16.5. The predicted molar refractivity (Wildman–Crippen MR) is 253 cm³/mol. The number of likely N-dealkylation sites (N-methyl/N-ethyl adjacent to an activating group) is 1. The smallest absolute Gasteiger partial charge is 0.251 e. The first kappa shape index (κ1) is 46.2. The van der Waals surface area contributed by atoms with Gasteiger partial charge in [0.25, 0.3) is 5.91 Å². The van der Waals surface area contributed by atoms with Gasteiger partial charge in [-0.05, 0) is 100 Å². The normalized spacial score (nSPS) is 22.9. The van der Waals surface area contributed by atoms with Crippen molar-refractivity contribution in [3.8, 4) is 11.5 Å². The lowest BCUT2D eigenvalue weighted by Gasteiger charge is -2.59. The molecule has 0 radical (unpaired) electrons. The fraction of sp³-hybridized carbons (Fsp3) is 0.580. The molecule has 1 spiro atoms. The predicted octanol–water partition coefficient (Wildman–Crippen LogP) is 5.43. The van der Waals surface area contributed by atoms with Crippen molar-refractivity contribution in [3.63, 3.8) is 0 Å². The lowest BCUT2D eigenvalue weighted by atomic mass is 9.52. The molecule has 0 bridgehead atoms. The van der Waals surface area contributed by atoms with Gasteiger partial charge in [0, 0.05) is 86.6 Å². The zero-order valence-corrected chi connectivity index (χ0v) is 39.3. The van der Waals surface area contributed by atoms with E-state index in [1.165, 1.54) is 0 Å². The third kappa shape index (κ3) is 8.98. The number of likely N-dealkylation sites (tertiary alicyclic amines) is 1. The van der Waals surface area contributed by atoms with Crippen LogP contribution in [0.3, 0.4) is 0 Å². The first-order chi connectivity index (χ1) is 32.4. The van der Waals surface area contributed by atoms with Gasteiger partial charge in [0.15, 0.2) is 5.82 Å². The molecular formula is C50H65N9O8. The van der Waals surface area contributed by atoms with Gasteiger partial charge >= 0.3 is 0 Å². The van der Waals surface area contributed by atoms with Gasteiger partial charge in [0.1, 0.15) is 23.2 Å². The van der Waals surface area contributed by atoms with Crippen molar-refractivity contribution in [2.75, 3.05) is 74.1 Å². The van der Waals surface area contributed by atoms with E-state index in [-0.39, 0.29) is 59.6 Å². The monoisotopic (exact) mass is 919 g/mol. The molecule has 1 unspecified atom stereocenters. The highest BCUT2D eigenvalue weighted by molar-refractivity contribution is 6.04. The highest BCUT2D eigenvalue weighted by Gasteiger charge is 2.56. The molecule has 9 rings (SSSR count). The Hall–Kier alpha value is -5.97. The van der Waals surface area contributed by atoms with E-state index < -0.39 is 11.5 Å². The van der Waals surface area contributed by atoms with Gasteiger partial charge in [-0.2, -0.15) is 4.98 Å². The molecule has 5 heterocycles. The van der Waals surface area contributed by atoms with Gasteiger partial charge in [-0.15, -0.1) is 0 Å². The van der Waals surface area contributed by atoms with Gasteiger partial charge in [-0.25, -0.2) is 4.98 Å². The third-order valence-electron chi connectivity index (χ3n) is 15.7. The van der Waals surface area contributed by atoms with Crippen LogP contribution in [0.4, 0.5) is 28.8 Å². The maximum atomic E-state index is 13.9. The lowest BCUT2D eigenvalue weighted by molar-refractivity contribution is -0.141. The summed E-state index contributed by atoms with van der Waals surface area (Å²) in [5.74, 6) is 1.17. The Morgan fingerprint density at radius 1 is 0.925 bits per heavy atom. The Labute approximate surface area is 392 Å². The second-order valence-electron chi connectivity index (χ2n) is 19.7. The fourth-order valence-electron chi connectivity index (χ4n) is 12.1. The fourth-order valence-corrected chi connectivity index (χ4v) is 12.1. The van der Waals surface area contributed by atoms with Crippen LogP contribution in [0.15, 0.2) is 42.6 Å². The number of hydrogen-bond acceptors (Lipinski definition) is 13. The van der Waals surface area contributed by atoms with E-state index in [1.807, 2.05) is 30.0 Å². The van der Waals surface area contributed by atoms with Crippen LogP contribution in [0.5, 0.6) is 11.5 Å². The quantitative estimate of drug-likeness (QED) is 0.159. The molecule has 17 heteroatoms. The van der Waals surface area contributed by atoms with Crippen LogP contribution in [0.25, 0.3) is 0 Å². The number of piperidine rings is 3. The summed E-state index contributed by atoms with van der Waals surface area (Å²) in [4.78, 5) is 83.1. The number of rotatable bonds is 13. The van der Waals surface area contributed by atoms with Crippen LogP contribution in [0, 0.1) is 11.3 Å². The third-order valence-corrected chi connectivity index (χ3v) is 15.7. The molecular weight excluding hydrogens is 855 g/mol. The van der Waals surface area contributed by atoms with E-state index in [9.17, 15) is 29.1 Å². The van der Waals surface area contributed by atoms with Gasteiger partial charge in [-0.3, -0.25) is 29.3 Å². The number of carbonyl (C=O) groups excluding carboxylic acids is 5. The van der Waals surface area contributed by atoms with Crippen LogP contribution in [0.1, 0.15) is 119 Å². The molecule has 3 aromatic rings. The van der Waals surface area contributed by atoms with Crippen molar-refractivity contribution in [3.05, 3.63) is 53.7 Å². The summed E-state index contributed by atoms with van der Waals surface area (Å²) in [6, 6.07) is 11.1. The molecule has 6 aliphatic rings. The van der Waals surface area contributed by atoms with Crippen LogP contribution >= 0.6 is 0 Å². The molecule has 358 valence electrons. The van der Waals surface area contributed by atoms with E-state index in [0.29, 0.717) is 73.2 Å². The summed E-state index contributed by atoms with van der Waals surface area (Å²) in [5.41, 5.74) is 2.91. The number of aliphatic hydroxyl groups is 1. The minimum absolute atomic E-state index is 0.00539. The number of methoxy groups -OCH3 is 2. The summed E-state index contributed by atoms with van der Waals surface area (Å²) < 4.78 is 11.5.